The molecular formula is C58H70BN3. The predicted octanol–water partition coefficient (Wildman–Crippen LogP) is 13.7. The van der Waals surface area contributed by atoms with Gasteiger partial charge in [0.2, 0.25) is 0 Å². The average molecular weight is 820 g/mol. The van der Waals surface area contributed by atoms with Crippen LogP contribution < -0.4 is 31.1 Å². The van der Waals surface area contributed by atoms with Crippen LogP contribution in [0.1, 0.15) is 169 Å². The summed E-state index contributed by atoms with van der Waals surface area (Å²) >= 11 is 0. The first-order valence-electron chi connectivity index (χ1n) is 24.2. The van der Waals surface area contributed by atoms with E-state index in [9.17, 15) is 0 Å². The minimum Gasteiger partial charge on any atom is -0.335 e. The van der Waals surface area contributed by atoms with E-state index in [1.807, 2.05) is 0 Å². The zero-order chi connectivity index (χ0) is 43.7. The van der Waals surface area contributed by atoms with Crippen molar-refractivity contribution in [1.29, 1.82) is 0 Å². The summed E-state index contributed by atoms with van der Waals surface area (Å²) in [6.45, 7) is 32.0. The molecule has 2 aliphatic carbocycles. The number of hydrogen-bond donors (Lipinski definition) is 0. The quantitative estimate of drug-likeness (QED) is 0.161. The Hall–Kier alpha value is -4.44. The molecule has 0 aromatic heterocycles. The Labute approximate surface area is 374 Å². The molecule has 0 amide bonds. The van der Waals surface area contributed by atoms with Crippen LogP contribution >= 0.6 is 0 Å². The van der Waals surface area contributed by atoms with Gasteiger partial charge in [-0.15, -0.1) is 0 Å². The Morgan fingerprint density at radius 2 is 1.00 bits per heavy atom. The van der Waals surface area contributed by atoms with Gasteiger partial charge in [0.1, 0.15) is 0 Å². The van der Waals surface area contributed by atoms with Crippen molar-refractivity contribution in [2.24, 2.45) is 0 Å². The molecule has 6 aliphatic rings. The smallest absolute Gasteiger partial charge is 0.252 e. The topological polar surface area (TPSA) is 9.72 Å². The average Bonchev–Trinajstić information content (AvgIpc) is 3.56. The van der Waals surface area contributed by atoms with Crippen LogP contribution in [0.15, 0.2) is 91.0 Å². The number of benzene rings is 5. The number of nitrogens with zero attached hydrogens (tertiary/aromatic N) is 3. The van der Waals surface area contributed by atoms with Gasteiger partial charge in [-0.2, -0.15) is 0 Å². The van der Waals surface area contributed by atoms with E-state index in [0.29, 0.717) is 0 Å². The molecule has 320 valence electrons. The highest BCUT2D eigenvalue weighted by Crippen LogP contribution is 2.65. The van der Waals surface area contributed by atoms with E-state index in [2.05, 4.69) is 196 Å². The van der Waals surface area contributed by atoms with Crippen LogP contribution in [0, 0.1) is 0 Å². The Morgan fingerprint density at radius 3 is 1.65 bits per heavy atom. The molecule has 4 atom stereocenters. The molecule has 0 bridgehead atoms. The van der Waals surface area contributed by atoms with E-state index < -0.39 is 0 Å². The van der Waals surface area contributed by atoms with Crippen LogP contribution in [-0.2, 0) is 27.1 Å². The number of hydrogen-bond acceptors (Lipinski definition) is 3. The molecule has 0 N–H and O–H groups in total. The Balaban J connectivity index is 1.28. The Bertz CT molecular complexity index is 2690. The van der Waals surface area contributed by atoms with Crippen LogP contribution in [0.2, 0.25) is 0 Å². The molecule has 5 aromatic carbocycles. The number of anilines is 7. The lowest BCUT2D eigenvalue weighted by Crippen LogP contribution is -2.64. The molecule has 0 radical (unpaired) electrons. The maximum Gasteiger partial charge on any atom is 0.252 e. The molecule has 0 saturated heterocycles. The van der Waals surface area contributed by atoms with Crippen LogP contribution in [0.5, 0.6) is 0 Å². The summed E-state index contributed by atoms with van der Waals surface area (Å²) in [6, 6.07) is 37.2. The highest BCUT2D eigenvalue weighted by atomic mass is 15.3. The maximum atomic E-state index is 2.95. The van der Waals surface area contributed by atoms with Crippen molar-refractivity contribution in [3.05, 3.63) is 119 Å². The second-order valence-corrected chi connectivity index (χ2v) is 24.5. The largest absolute Gasteiger partial charge is 0.335 e. The molecule has 2 saturated carbocycles. The lowest BCUT2D eigenvalue weighted by molar-refractivity contribution is 0.194. The monoisotopic (exact) mass is 820 g/mol. The fourth-order valence-electron chi connectivity index (χ4n) is 13.8. The molecular weight excluding hydrogens is 749 g/mol. The summed E-state index contributed by atoms with van der Waals surface area (Å²) in [4.78, 5) is 8.46. The van der Waals surface area contributed by atoms with E-state index >= 15 is 0 Å². The molecule has 4 unspecified atom stereocenters. The minimum atomic E-state index is -0.0604. The third-order valence-electron chi connectivity index (χ3n) is 18.0. The lowest BCUT2D eigenvalue weighted by atomic mass is 9.33. The fourth-order valence-corrected chi connectivity index (χ4v) is 13.8. The summed E-state index contributed by atoms with van der Waals surface area (Å²) in [5, 5.41) is 0. The van der Waals surface area contributed by atoms with Crippen molar-refractivity contribution < 1.29 is 0 Å². The van der Waals surface area contributed by atoms with Crippen LogP contribution in [-0.4, -0.2) is 17.8 Å². The second-order valence-electron chi connectivity index (χ2n) is 24.5. The normalized spacial score (nSPS) is 27.0. The minimum absolute atomic E-state index is 0.0121. The molecule has 4 aliphatic heterocycles. The SMILES string of the molecule is CC(C)(C)c1ccc(N2c3ccc(C(C)(C)C)cc3B3c4cc(C(C)(C)C)cc5c4N(c4cc(N6c7ccccc7C7(C)CCCCC67C)cc2c43)C2(C)CCCCC52C)cc1. The summed E-state index contributed by atoms with van der Waals surface area (Å²) < 4.78 is 0. The zero-order valence-electron chi connectivity index (χ0n) is 40.2. The van der Waals surface area contributed by atoms with Crippen molar-refractivity contribution in [2.45, 2.75) is 180 Å². The van der Waals surface area contributed by atoms with Gasteiger partial charge in [-0.05, 0) is 136 Å². The van der Waals surface area contributed by atoms with Crippen molar-refractivity contribution in [3.63, 3.8) is 0 Å². The standard InChI is InChI=1S/C58H70BN3/c1-52(2,3)37-22-25-40(26-23-37)60-47-27-24-38(53(4,5)6)33-44(47)59-45-34-39(54(7,8)9)32-43-51(45)62(58(13)31-19-17-29-56(43,58)11)49-36-41(35-48(60)50(49)59)61-46-21-15-14-20-42(46)55(10)28-16-18-30-57(55,61)12/h14-15,20-27,32-36H,16-19,28-31H2,1-13H3. The van der Waals surface area contributed by atoms with Gasteiger partial charge in [-0.3, -0.25) is 0 Å². The predicted molar refractivity (Wildman–Crippen MR) is 267 cm³/mol. The van der Waals surface area contributed by atoms with Crippen molar-refractivity contribution in [2.75, 3.05) is 14.7 Å². The van der Waals surface area contributed by atoms with Gasteiger partial charge >= 0.3 is 0 Å². The van der Waals surface area contributed by atoms with Gasteiger partial charge in [-0.25, -0.2) is 0 Å². The summed E-state index contributed by atoms with van der Waals surface area (Å²) in [6.07, 6.45) is 9.93. The highest BCUT2D eigenvalue weighted by molar-refractivity contribution is 7.00. The van der Waals surface area contributed by atoms with Gasteiger partial charge in [0.15, 0.2) is 0 Å². The first-order valence-corrected chi connectivity index (χ1v) is 24.2. The first-order chi connectivity index (χ1) is 29.1. The highest BCUT2D eigenvalue weighted by Gasteiger charge is 2.63. The van der Waals surface area contributed by atoms with Gasteiger partial charge in [-0.1, -0.05) is 156 Å². The third-order valence-corrected chi connectivity index (χ3v) is 18.0. The van der Waals surface area contributed by atoms with Gasteiger partial charge in [0, 0.05) is 50.6 Å². The van der Waals surface area contributed by atoms with Crippen molar-refractivity contribution >= 4 is 62.9 Å². The van der Waals surface area contributed by atoms with Crippen LogP contribution in [0.4, 0.5) is 39.8 Å². The molecule has 0 spiro atoms. The molecule has 4 heterocycles. The number of fused-ring (bicyclic) bond motifs is 10. The molecule has 11 rings (SSSR count). The van der Waals surface area contributed by atoms with Gasteiger partial charge in [0.05, 0.1) is 11.1 Å². The Kier molecular flexibility index (Phi) is 8.22. The van der Waals surface area contributed by atoms with Gasteiger partial charge < -0.3 is 14.7 Å². The molecule has 3 nitrogen and oxygen atoms in total. The van der Waals surface area contributed by atoms with Gasteiger partial charge in [0.25, 0.3) is 6.71 Å². The van der Waals surface area contributed by atoms with E-state index in [-0.39, 0.29) is 44.9 Å². The third kappa shape index (κ3) is 5.13. The lowest BCUT2D eigenvalue weighted by Gasteiger charge is -2.54. The number of para-hydroxylation sites is 1. The van der Waals surface area contributed by atoms with E-state index in [0.717, 1.165) is 0 Å². The molecule has 2 fully saturated rings. The summed E-state index contributed by atoms with van der Waals surface area (Å²) in [7, 11) is 0. The molecule has 5 aromatic rings. The Morgan fingerprint density at radius 1 is 0.452 bits per heavy atom. The fraction of sp³-hybridized carbons (Fsp3) is 0.483. The summed E-state index contributed by atoms with van der Waals surface area (Å²) in [5.41, 5.74) is 21.5. The maximum absolute atomic E-state index is 2.95. The van der Waals surface area contributed by atoms with Crippen LogP contribution in [0.25, 0.3) is 0 Å². The van der Waals surface area contributed by atoms with Crippen LogP contribution in [0.3, 0.4) is 0 Å². The first kappa shape index (κ1) is 40.3. The summed E-state index contributed by atoms with van der Waals surface area (Å²) in [5.74, 6) is 0. The second kappa shape index (κ2) is 12.6. The van der Waals surface area contributed by atoms with Crippen molar-refractivity contribution in [3.8, 4) is 0 Å². The van der Waals surface area contributed by atoms with Crippen molar-refractivity contribution in [1.82, 2.24) is 0 Å². The van der Waals surface area contributed by atoms with E-state index in [4.69, 9.17) is 0 Å². The molecule has 4 heteroatoms. The zero-order valence-corrected chi connectivity index (χ0v) is 40.2. The molecule has 62 heavy (non-hydrogen) atoms. The number of rotatable bonds is 2. The van der Waals surface area contributed by atoms with E-state index in [1.165, 1.54) is 130 Å². The van der Waals surface area contributed by atoms with E-state index in [1.54, 1.807) is 5.56 Å².